The Hall–Kier alpha value is -1.81. The Bertz CT molecular complexity index is 761. The first-order valence-corrected chi connectivity index (χ1v) is 7.38. The van der Waals surface area contributed by atoms with Crippen molar-refractivity contribution in [3.63, 3.8) is 0 Å². The number of benzene rings is 1. The molecule has 1 aromatic carbocycles. The summed E-state index contributed by atoms with van der Waals surface area (Å²) in [5, 5.41) is 5.40. The second-order valence-corrected chi connectivity index (χ2v) is 5.45. The van der Waals surface area contributed by atoms with Gasteiger partial charge in [0.1, 0.15) is 5.88 Å². The molecule has 0 saturated heterocycles. The van der Waals surface area contributed by atoms with E-state index in [9.17, 15) is 0 Å². The normalized spacial score (nSPS) is 18.4. The standard InChI is InChI=1S/C15H14ClN3O/c16-8-13-18-15(19-20-13)11-6-3-5-10-9-4-1-2-7-12(9)17-14(10)11/h1-2,4,7,11,17H,3,5-6,8H2. The summed E-state index contributed by atoms with van der Waals surface area (Å²) in [5.41, 5.74) is 3.82. The molecule has 20 heavy (non-hydrogen) atoms. The lowest BCUT2D eigenvalue weighted by Gasteiger charge is -2.19. The van der Waals surface area contributed by atoms with Crippen LogP contribution in [0.2, 0.25) is 0 Å². The molecule has 0 radical (unpaired) electrons. The topological polar surface area (TPSA) is 54.7 Å². The lowest BCUT2D eigenvalue weighted by molar-refractivity contribution is 0.379. The summed E-state index contributed by atoms with van der Waals surface area (Å²) in [5.74, 6) is 1.68. The van der Waals surface area contributed by atoms with Gasteiger partial charge in [0.15, 0.2) is 5.82 Å². The van der Waals surface area contributed by atoms with Crippen LogP contribution in [0.3, 0.4) is 0 Å². The summed E-state index contributed by atoms with van der Waals surface area (Å²) in [6.45, 7) is 0. The molecule has 0 spiro atoms. The van der Waals surface area contributed by atoms with E-state index in [1.807, 2.05) is 0 Å². The van der Waals surface area contributed by atoms with E-state index in [2.05, 4.69) is 39.4 Å². The highest BCUT2D eigenvalue weighted by molar-refractivity contribution is 6.16. The van der Waals surface area contributed by atoms with E-state index in [1.165, 1.54) is 22.2 Å². The van der Waals surface area contributed by atoms with Crippen LogP contribution in [0, 0.1) is 0 Å². The van der Waals surface area contributed by atoms with E-state index >= 15 is 0 Å². The quantitative estimate of drug-likeness (QED) is 0.730. The van der Waals surface area contributed by atoms with Gasteiger partial charge >= 0.3 is 0 Å². The summed E-state index contributed by atoms with van der Waals surface area (Å²) in [6.07, 6.45) is 3.29. The van der Waals surface area contributed by atoms with Crippen LogP contribution in [0.4, 0.5) is 0 Å². The van der Waals surface area contributed by atoms with Gasteiger partial charge in [0.05, 0.1) is 5.92 Å². The molecule has 3 aromatic rings. The highest BCUT2D eigenvalue weighted by Crippen LogP contribution is 2.38. The lowest BCUT2D eigenvalue weighted by Crippen LogP contribution is -2.11. The zero-order valence-electron chi connectivity index (χ0n) is 10.9. The van der Waals surface area contributed by atoms with Crippen molar-refractivity contribution in [1.29, 1.82) is 0 Å². The maximum Gasteiger partial charge on any atom is 0.241 e. The maximum atomic E-state index is 5.74. The number of halogens is 1. The van der Waals surface area contributed by atoms with E-state index in [1.54, 1.807) is 0 Å². The van der Waals surface area contributed by atoms with Gasteiger partial charge in [0.2, 0.25) is 5.89 Å². The highest BCUT2D eigenvalue weighted by atomic mass is 35.5. The summed E-state index contributed by atoms with van der Waals surface area (Å²) in [7, 11) is 0. The molecule has 1 aliphatic rings. The fraction of sp³-hybridized carbons (Fsp3) is 0.333. The van der Waals surface area contributed by atoms with E-state index in [4.69, 9.17) is 16.1 Å². The van der Waals surface area contributed by atoms with Crippen LogP contribution in [0.1, 0.15) is 41.7 Å². The van der Waals surface area contributed by atoms with Gasteiger partial charge in [0.25, 0.3) is 0 Å². The first-order chi connectivity index (χ1) is 9.86. The summed E-state index contributed by atoms with van der Waals surface area (Å²) < 4.78 is 5.15. The zero-order valence-corrected chi connectivity index (χ0v) is 11.7. The molecule has 0 fully saturated rings. The average Bonchev–Trinajstić information content (AvgIpc) is 3.11. The van der Waals surface area contributed by atoms with E-state index in [0.29, 0.717) is 5.89 Å². The predicted octanol–water partition coefficient (Wildman–Crippen LogP) is 3.76. The van der Waals surface area contributed by atoms with Gasteiger partial charge in [-0.1, -0.05) is 23.4 Å². The Morgan fingerprint density at radius 3 is 3.10 bits per heavy atom. The SMILES string of the molecule is ClCc1nc(C2CCCc3c2[nH]c2ccccc32)no1. The third-order valence-corrected chi connectivity index (χ3v) is 4.25. The van der Waals surface area contributed by atoms with Gasteiger partial charge in [-0.2, -0.15) is 4.98 Å². The lowest BCUT2D eigenvalue weighted by atomic mass is 9.86. The zero-order chi connectivity index (χ0) is 13.5. The monoisotopic (exact) mass is 287 g/mol. The molecule has 0 saturated carbocycles. The molecule has 5 heteroatoms. The molecule has 0 aliphatic heterocycles. The highest BCUT2D eigenvalue weighted by Gasteiger charge is 2.28. The molecular formula is C15H14ClN3O. The van der Waals surface area contributed by atoms with Crippen LogP contribution in [0.25, 0.3) is 10.9 Å². The van der Waals surface area contributed by atoms with E-state index in [0.717, 1.165) is 25.1 Å². The Balaban J connectivity index is 1.85. The maximum absolute atomic E-state index is 5.74. The second kappa shape index (κ2) is 4.63. The number of H-pyrrole nitrogens is 1. The molecular weight excluding hydrogens is 274 g/mol. The molecule has 4 rings (SSSR count). The van der Waals surface area contributed by atoms with Gasteiger partial charge in [-0.15, -0.1) is 11.6 Å². The third-order valence-electron chi connectivity index (χ3n) is 4.02. The number of aromatic nitrogens is 3. The van der Waals surface area contributed by atoms with E-state index < -0.39 is 0 Å². The number of fused-ring (bicyclic) bond motifs is 3. The molecule has 1 aliphatic carbocycles. The Labute approximate surface area is 121 Å². The molecule has 2 heterocycles. The largest absolute Gasteiger partial charge is 0.358 e. The molecule has 1 atom stereocenters. The molecule has 1 unspecified atom stereocenters. The van der Waals surface area contributed by atoms with Crippen molar-refractivity contribution in [3.05, 3.63) is 47.2 Å². The van der Waals surface area contributed by atoms with Crippen LogP contribution in [-0.2, 0) is 12.3 Å². The van der Waals surface area contributed by atoms with Crippen molar-refractivity contribution in [3.8, 4) is 0 Å². The number of hydrogen-bond acceptors (Lipinski definition) is 3. The van der Waals surface area contributed by atoms with Gasteiger partial charge in [-0.25, -0.2) is 0 Å². The Morgan fingerprint density at radius 1 is 1.35 bits per heavy atom. The minimum Gasteiger partial charge on any atom is -0.358 e. The van der Waals surface area contributed by atoms with Gasteiger partial charge in [-0.05, 0) is 30.9 Å². The summed E-state index contributed by atoms with van der Waals surface area (Å²) >= 11 is 5.74. The smallest absolute Gasteiger partial charge is 0.241 e. The number of aryl methyl sites for hydroxylation is 1. The molecule has 0 bridgehead atoms. The van der Waals surface area contributed by atoms with Gasteiger partial charge in [0, 0.05) is 16.6 Å². The van der Waals surface area contributed by atoms with Crippen molar-refractivity contribution >= 4 is 22.5 Å². The van der Waals surface area contributed by atoms with Crippen LogP contribution < -0.4 is 0 Å². The minimum absolute atomic E-state index is 0.187. The number of hydrogen-bond donors (Lipinski definition) is 1. The van der Waals surface area contributed by atoms with Crippen molar-refractivity contribution in [1.82, 2.24) is 15.1 Å². The molecule has 2 aromatic heterocycles. The first-order valence-electron chi connectivity index (χ1n) is 6.84. The van der Waals surface area contributed by atoms with Gasteiger partial charge < -0.3 is 9.51 Å². The van der Waals surface area contributed by atoms with Gasteiger partial charge in [-0.3, -0.25) is 0 Å². The van der Waals surface area contributed by atoms with Crippen LogP contribution >= 0.6 is 11.6 Å². The van der Waals surface area contributed by atoms with Crippen LogP contribution in [0.15, 0.2) is 28.8 Å². The van der Waals surface area contributed by atoms with Crippen molar-refractivity contribution in [2.45, 2.75) is 31.1 Å². The molecule has 0 amide bonds. The van der Waals surface area contributed by atoms with Crippen LogP contribution in [0.5, 0.6) is 0 Å². The van der Waals surface area contributed by atoms with E-state index in [-0.39, 0.29) is 11.8 Å². The van der Waals surface area contributed by atoms with Crippen molar-refractivity contribution < 1.29 is 4.52 Å². The number of para-hydroxylation sites is 1. The number of alkyl halides is 1. The minimum atomic E-state index is 0.187. The van der Waals surface area contributed by atoms with Crippen molar-refractivity contribution in [2.24, 2.45) is 0 Å². The summed E-state index contributed by atoms with van der Waals surface area (Å²) in [4.78, 5) is 7.93. The number of nitrogens with one attached hydrogen (secondary N) is 1. The second-order valence-electron chi connectivity index (χ2n) is 5.19. The summed E-state index contributed by atoms with van der Waals surface area (Å²) in [6, 6.07) is 8.43. The molecule has 1 N–H and O–H groups in total. The predicted molar refractivity (Wildman–Crippen MR) is 76.9 cm³/mol. The Morgan fingerprint density at radius 2 is 2.25 bits per heavy atom. The van der Waals surface area contributed by atoms with Crippen LogP contribution in [-0.4, -0.2) is 15.1 Å². The Kier molecular flexibility index (Phi) is 2.77. The number of rotatable bonds is 2. The van der Waals surface area contributed by atoms with Crippen molar-refractivity contribution in [2.75, 3.05) is 0 Å². The number of aromatic amines is 1. The molecule has 102 valence electrons. The first kappa shape index (κ1) is 12.0. The average molecular weight is 288 g/mol. The third kappa shape index (κ3) is 1.75. The number of nitrogens with zero attached hydrogens (tertiary/aromatic N) is 2. The fourth-order valence-corrected chi connectivity index (χ4v) is 3.25. The fourth-order valence-electron chi connectivity index (χ4n) is 3.14. The molecule has 4 nitrogen and oxygen atoms in total.